The van der Waals surface area contributed by atoms with Crippen molar-refractivity contribution in [1.29, 1.82) is 0 Å². The molecule has 0 spiro atoms. The number of amides is 3. The number of nitrogens with one attached hydrogen (secondary N) is 2. The summed E-state index contributed by atoms with van der Waals surface area (Å²) in [5.41, 5.74) is 6.48. The molecular formula is C17H21N3O5. The minimum atomic E-state index is -0.648. The van der Waals surface area contributed by atoms with E-state index in [-0.39, 0.29) is 12.7 Å². The average Bonchev–Trinajstić information content (AvgIpc) is 2.51. The summed E-state index contributed by atoms with van der Waals surface area (Å²) >= 11 is 0. The van der Waals surface area contributed by atoms with E-state index in [2.05, 4.69) is 10.6 Å². The molecule has 1 aliphatic rings. The van der Waals surface area contributed by atoms with Crippen molar-refractivity contribution in [3.05, 3.63) is 41.1 Å². The Hall–Kier alpha value is -3.03. The van der Waals surface area contributed by atoms with Gasteiger partial charge in [0.25, 0.3) is 5.91 Å². The van der Waals surface area contributed by atoms with Crippen LogP contribution in [0.3, 0.4) is 0 Å². The summed E-state index contributed by atoms with van der Waals surface area (Å²) in [5, 5.41) is 5.29. The van der Waals surface area contributed by atoms with Crippen molar-refractivity contribution < 1.29 is 23.9 Å². The molecule has 0 aromatic heterocycles. The van der Waals surface area contributed by atoms with Gasteiger partial charge in [-0.25, -0.2) is 9.59 Å². The van der Waals surface area contributed by atoms with Crippen LogP contribution in [0, 0.1) is 0 Å². The Morgan fingerprint density at radius 2 is 1.88 bits per heavy atom. The maximum atomic E-state index is 12.4. The number of urea groups is 1. The normalized spacial score (nSPS) is 17.0. The highest BCUT2D eigenvalue weighted by Crippen LogP contribution is 2.29. The number of esters is 1. The van der Waals surface area contributed by atoms with Gasteiger partial charge in [0.05, 0.1) is 17.7 Å². The molecule has 1 unspecified atom stereocenters. The van der Waals surface area contributed by atoms with Crippen molar-refractivity contribution >= 4 is 17.9 Å². The lowest BCUT2D eigenvalue weighted by molar-refractivity contribution is -0.143. The summed E-state index contributed by atoms with van der Waals surface area (Å²) in [6.07, 6.45) is -0.282. The second-order valence-electron chi connectivity index (χ2n) is 5.85. The molecule has 3 amide bonds. The van der Waals surface area contributed by atoms with Gasteiger partial charge >= 0.3 is 12.0 Å². The van der Waals surface area contributed by atoms with Crippen LogP contribution < -0.4 is 21.1 Å². The molecule has 0 saturated heterocycles. The molecule has 0 fully saturated rings. The molecule has 8 heteroatoms. The number of carbonyl (C=O) groups is 3. The highest BCUT2D eigenvalue weighted by molar-refractivity contribution is 5.95. The van der Waals surface area contributed by atoms with Gasteiger partial charge in [-0.1, -0.05) is 12.1 Å². The number of hydrogen-bond acceptors (Lipinski definition) is 5. The van der Waals surface area contributed by atoms with Gasteiger partial charge < -0.3 is 25.8 Å². The Morgan fingerprint density at radius 1 is 1.24 bits per heavy atom. The molecule has 134 valence electrons. The maximum absolute atomic E-state index is 12.4. The third kappa shape index (κ3) is 4.72. The number of hydrogen-bond donors (Lipinski definition) is 3. The lowest BCUT2D eigenvalue weighted by Gasteiger charge is -2.28. The van der Waals surface area contributed by atoms with Crippen LogP contribution in [0.15, 0.2) is 35.5 Å². The van der Waals surface area contributed by atoms with E-state index < -0.39 is 23.9 Å². The van der Waals surface area contributed by atoms with Crippen LogP contribution in [0.2, 0.25) is 0 Å². The quantitative estimate of drug-likeness (QED) is 0.666. The number of ether oxygens (including phenoxy) is 2. The van der Waals surface area contributed by atoms with E-state index in [1.165, 1.54) is 0 Å². The maximum Gasteiger partial charge on any atom is 0.338 e. The zero-order chi connectivity index (χ0) is 18.6. The summed E-state index contributed by atoms with van der Waals surface area (Å²) in [6.45, 7) is 4.92. The highest BCUT2D eigenvalue weighted by atomic mass is 16.5. The number of allylic oxidation sites excluding steroid dienone is 1. The second kappa shape index (κ2) is 7.69. The van der Waals surface area contributed by atoms with Crippen molar-refractivity contribution in [3.8, 4) is 5.75 Å². The number of rotatable bonds is 6. The predicted octanol–water partition coefficient (Wildman–Crippen LogP) is 1.13. The summed E-state index contributed by atoms with van der Waals surface area (Å²) in [4.78, 5) is 35.0. The Labute approximate surface area is 145 Å². The number of benzene rings is 1. The van der Waals surface area contributed by atoms with Crippen LogP contribution in [0.1, 0.15) is 32.4 Å². The van der Waals surface area contributed by atoms with E-state index in [1.807, 2.05) is 0 Å². The van der Waals surface area contributed by atoms with Crippen molar-refractivity contribution in [2.45, 2.75) is 32.9 Å². The fourth-order valence-electron chi connectivity index (χ4n) is 2.40. The van der Waals surface area contributed by atoms with Crippen molar-refractivity contribution in [2.75, 3.05) is 6.61 Å². The lowest BCUT2D eigenvalue weighted by Crippen LogP contribution is -2.45. The summed E-state index contributed by atoms with van der Waals surface area (Å²) in [5.74, 6) is -0.624. The molecule has 0 saturated carbocycles. The largest absolute Gasteiger partial charge is 0.484 e. The Morgan fingerprint density at radius 3 is 2.44 bits per heavy atom. The van der Waals surface area contributed by atoms with Gasteiger partial charge in [-0.05, 0) is 38.5 Å². The smallest absolute Gasteiger partial charge is 0.338 e. The second-order valence-corrected chi connectivity index (χ2v) is 5.85. The highest BCUT2D eigenvalue weighted by Gasteiger charge is 2.32. The summed E-state index contributed by atoms with van der Waals surface area (Å²) in [6, 6.07) is 5.61. The molecule has 4 N–H and O–H groups in total. The standard InChI is InChI=1S/C17H21N3O5/c1-9(2)25-16(22)14-10(3)19-17(23)20-15(14)11-4-6-12(7-5-11)24-8-13(18)21/h4-7,9,15H,8H2,1-3H3,(H2,18,21)(H2,19,20,23). The van der Waals surface area contributed by atoms with E-state index in [0.717, 1.165) is 0 Å². The molecule has 1 aromatic rings. The predicted molar refractivity (Wildman–Crippen MR) is 89.5 cm³/mol. The molecule has 1 heterocycles. The van der Waals surface area contributed by atoms with Gasteiger partial charge in [0, 0.05) is 5.70 Å². The van der Waals surface area contributed by atoms with Gasteiger partial charge in [-0.2, -0.15) is 0 Å². The minimum absolute atomic E-state index is 0.228. The summed E-state index contributed by atoms with van der Waals surface area (Å²) < 4.78 is 10.5. The first-order chi connectivity index (χ1) is 11.8. The number of primary amides is 1. The van der Waals surface area contributed by atoms with Crippen molar-refractivity contribution in [3.63, 3.8) is 0 Å². The van der Waals surface area contributed by atoms with Crippen LogP contribution in [-0.4, -0.2) is 30.6 Å². The molecule has 0 bridgehead atoms. The van der Waals surface area contributed by atoms with E-state index in [1.54, 1.807) is 45.0 Å². The molecule has 1 aliphatic heterocycles. The van der Waals surface area contributed by atoms with Gasteiger partial charge in [0.15, 0.2) is 6.61 Å². The molecule has 8 nitrogen and oxygen atoms in total. The van der Waals surface area contributed by atoms with E-state index >= 15 is 0 Å². The fraction of sp³-hybridized carbons (Fsp3) is 0.353. The van der Waals surface area contributed by atoms with E-state index in [0.29, 0.717) is 22.6 Å². The van der Waals surface area contributed by atoms with Crippen LogP contribution in [0.25, 0.3) is 0 Å². The van der Waals surface area contributed by atoms with Gasteiger partial charge in [0.2, 0.25) is 0 Å². The summed E-state index contributed by atoms with van der Waals surface area (Å²) in [7, 11) is 0. The molecule has 25 heavy (non-hydrogen) atoms. The van der Waals surface area contributed by atoms with E-state index in [9.17, 15) is 14.4 Å². The Balaban J connectivity index is 2.27. The van der Waals surface area contributed by atoms with E-state index in [4.69, 9.17) is 15.2 Å². The SMILES string of the molecule is CC1=C(C(=O)OC(C)C)C(c2ccc(OCC(N)=O)cc2)NC(=O)N1. The molecule has 0 aliphatic carbocycles. The fourth-order valence-corrected chi connectivity index (χ4v) is 2.40. The van der Waals surface area contributed by atoms with Crippen LogP contribution in [-0.2, 0) is 14.3 Å². The van der Waals surface area contributed by atoms with Gasteiger partial charge in [-0.3, -0.25) is 4.79 Å². The third-order valence-electron chi connectivity index (χ3n) is 3.43. The topological polar surface area (TPSA) is 120 Å². The lowest BCUT2D eigenvalue weighted by atomic mass is 9.95. The zero-order valence-corrected chi connectivity index (χ0v) is 14.3. The molecule has 0 radical (unpaired) electrons. The van der Waals surface area contributed by atoms with Crippen LogP contribution in [0.4, 0.5) is 4.79 Å². The molecule has 1 aromatic carbocycles. The number of carbonyl (C=O) groups excluding carboxylic acids is 3. The first-order valence-electron chi connectivity index (χ1n) is 7.78. The average molecular weight is 347 g/mol. The van der Waals surface area contributed by atoms with Crippen LogP contribution >= 0.6 is 0 Å². The Kier molecular flexibility index (Phi) is 5.63. The minimum Gasteiger partial charge on any atom is -0.484 e. The first-order valence-corrected chi connectivity index (χ1v) is 7.78. The first kappa shape index (κ1) is 18.3. The third-order valence-corrected chi connectivity index (χ3v) is 3.43. The Bertz CT molecular complexity index is 709. The monoisotopic (exact) mass is 347 g/mol. The molecule has 2 rings (SSSR count). The number of nitrogens with two attached hydrogens (primary N) is 1. The molecular weight excluding hydrogens is 326 g/mol. The van der Waals surface area contributed by atoms with Gasteiger partial charge in [0.1, 0.15) is 5.75 Å². The molecule has 1 atom stereocenters. The van der Waals surface area contributed by atoms with Crippen LogP contribution in [0.5, 0.6) is 5.75 Å². The van der Waals surface area contributed by atoms with Crippen molar-refractivity contribution in [1.82, 2.24) is 10.6 Å². The van der Waals surface area contributed by atoms with Crippen molar-refractivity contribution in [2.24, 2.45) is 5.73 Å². The van der Waals surface area contributed by atoms with Gasteiger partial charge in [-0.15, -0.1) is 0 Å². The zero-order valence-electron chi connectivity index (χ0n) is 14.3.